The summed E-state index contributed by atoms with van der Waals surface area (Å²) >= 11 is 5.98. The minimum atomic E-state index is -3.25. The molecule has 136 valence electrons. The number of piperidine rings is 1. The van der Waals surface area contributed by atoms with Crippen LogP contribution in [0.4, 0.5) is 6.01 Å². The van der Waals surface area contributed by atoms with Crippen molar-refractivity contribution in [1.82, 2.24) is 9.71 Å². The van der Waals surface area contributed by atoms with Crippen molar-refractivity contribution in [2.24, 2.45) is 0 Å². The smallest absolute Gasteiger partial charge is 0.298 e. The zero-order valence-corrected chi connectivity index (χ0v) is 15.5. The summed E-state index contributed by atoms with van der Waals surface area (Å²) in [5, 5.41) is 0.290. The summed E-state index contributed by atoms with van der Waals surface area (Å²) in [6.07, 6.45) is 5.33. The van der Waals surface area contributed by atoms with Crippen molar-refractivity contribution in [3.05, 3.63) is 23.2 Å². The molecule has 2 heterocycles. The lowest BCUT2D eigenvalue weighted by Gasteiger charge is -2.31. The van der Waals surface area contributed by atoms with Crippen molar-refractivity contribution in [3.63, 3.8) is 0 Å². The highest BCUT2D eigenvalue weighted by molar-refractivity contribution is 7.90. The Morgan fingerprint density at radius 2 is 1.88 bits per heavy atom. The largest absolute Gasteiger partial charge is 0.423 e. The van der Waals surface area contributed by atoms with E-state index in [1.807, 2.05) is 4.90 Å². The van der Waals surface area contributed by atoms with Crippen molar-refractivity contribution >= 4 is 38.7 Å². The molecule has 2 aromatic rings. The molecule has 1 N–H and O–H groups in total. The summed E-state index contributed by atoms with van der Waals surface area (Å²) in [7, 11) is -3.25. The Morgan fingerprint density at radius 3 is 2.60 bits per heavy atom. The monoisotopic (exact) mass is 383 g/mol. The number of hydrogen-bond donors (Lipinski definition) is 1. The SMILES string of the molecule is O=S(=O)(NC1CCCC1)C1CCN(c2nc3cc(Cl)ccc3o2)CC1. The standard InChI is InChI=1S/C17H22ClN3O3S/c18-12-5-6-16-15(11-12)19-17(24-16)21-9-7-14(8-10-21)25(22,23)20-13-3-1-2-4-13/h5-6,11,13-14,20H,1-4,7-10H2. The third-order valence-electron chi connectivity index (χ3n) is 5.18. The van der Waals surface area contributed by atoms with Gasteiger partial charge in [-0.15, -0.1) is 0 Å². The van der Waals surface area contributed by atoms with Crippen molar-refractivity contribution in [2.45, 2.75) is 49.8 Å². The number of benzene rings is 1. The molecule has 25 heavy (non-hydrogen) atoms. The van der Waals surface area contributed by atoms with Gasteiger partial charge in [0, 0.05) is 24.2 Å². The quantitative estimate of drug-likeness (QED) is 0.876. The van der Waals surface area contributed by atoms with E-state index in [0.717, 1.165) is 31.2 Å². The van der Waals surface area contributed by atoms with Gasteiger partial charge in [-0.3, -0.25) is 0 Å². The van der Waals surface area contributed by atoms with Gasteiger partial charge in [0.2, 0.25) is 10.0 Å². The first-order valence-electron chi connectivity index (χ1n) is 8.83. The van der Waals surface area contributed by atoms with Gasteiger partial charge in [-0.05, 0) is 43.9 Å². The Hall–Kier alpha value is -1.31. The van der Waals surface area contributed by atoms with E-state index in [1.165, 1.54) is 0 Å². The number of anilines is 1. The van der Waals surface area contributed by atoms with E-state index < -0.39 is 10.0 Å². The first kappa shape index (κ1) is 17.1. The Kier molecular flexibility index (Phi) is 4.64. The van der Waals surface area contributed by atoms with Crippen LogP contribution < -0.4 is 9.62 Å². The van der Waals surface area contributed by atoms with Crippen molar-refractivity contribution in [1.29, 1.82) is 0 Å². The molecule has 2 aliphatic rings. The van der Waals surface area contributed by atoms with E-state index in [-0.39, 0.29) is 11.3 Å². The molecule has 1 aromatic carbocycles. The van der Waals surface area contributed by atoms with Crippen LogP contribution in [0, 0.1) is 0 Å². The topological polar surface area (TPSA) is 75.4 Å². The number of nitrogens with one attached hydrogen (secondary N) is 1. The molecule has 0 spiro atoms. The predicted octanol–water partition coefficient (Wildman–Crippen LogP) is 3.31. The second-order valence-electron chi connectivity index (χ2n) is 6.94. The minimum Gasteiger partial charge on any atom is -0.423 e. The number of nitrogens with zero attached hydrogens (tertiary/aromatic N) is 2. The zero-order valence-electron chi connectivity index (χ0n) is 13.9. The van der Waals surface area contributed by atoms with E-state index in [0.29, 0.717) is 42.6 Å². The average molecular weight is 384 g/mol. The highest BCUT2D eigenvalue weighted by Gasteiger charge is 2.33. The van der Waals surface area contributed by atoms with Crippen molar-refractivity contribution < 1.29 is 12.8 Å². The second-order valence-corrected chi connectivity index (χ2v) is 9.37. The fourth-order valence-corrected chi connectivity index (χ4v) is 5.64. The number of sulfonamides is 1. The van der Waals surface area contributed by atoms with Crippen molar-refractivity contribution in [2.75, 3.05) is 18.0 Å². The number of oxazole rings is 1. The summed E-state index contributed by atoms with van der Waals surface area (Å²) in [5.74, 6) is 0. The predicted molar refractivity (Wildman–Crippen MR) is 98.6 cm³/mol. The maximum Gasteiger partial charge on any atom is 0.298 e. The average Bonchev–Trinajstić information content (AvgIpc) is 3.23. The fraction of sp³-hybridized carbons (Fsp3) is 0.588. The lowest BCUT2D eigenvalue weighted by molar-refractivity contribution is 0.482. The van der Waals surface area contributed by atoms with Crippen LogP contribution in [0.2, 0.25) is 5.02 Å². The molecule has 4 rings (SSSR count). The summed E-state index contributed by atoms with van der Waals surface area (Å²) in [6.45, 7) is 1.24. The molecule has 1 aliphatic carbocycles. The molecule has 0 radical (unpaired) electrons. The Bertz CT molecular complexity index is 853. The first-order valence-corrected chi connectivity index (χ1v) is 10.8. The Labute approximate surface area is 152 Å². The number of fused-ring (bicyclic) bond motifs is 1. The molecule has 0 atom stereocenters. The van der Waals surface area contributed by atoms with Crippen LogP contribution in [0.5, 0.6) is 0 Å². The lowest BCUT2D eigenvalue weighted by atomic mass is 10.1. The van der Waals surface area contributed by atoms with Gasteiger partial charge in [0.15, 0.2) is 5.58 Å². The molecule has 1 saturated heterocycles. The normalized spacial score (nSPS) is 20.6. The molecule has 2 fully saturated rings. The van der Waals surface area contributed by atoms with Gasteiger partial charge in [0.1, 0.15) is 5.52 Å². The van der Waals surface area contributed by atoms with Crippen LogP contribution in [-0.4, -0.2) is 37.8 Å². The molecule has 1 saturated carbocycles. The van der Waals surface area contributed by atoms with E-state index >= 15 is 0 Å². The van der Waals surface area contributed by atoms with Crippen LogP contribution in [0.1, 0.15) is 38.5 Å². The molecule has 8 heteroatoms. The maximum absolute atomic E-state index is 12.6. The van der Waals surface area contributed by atoms with Crippen LogP contribution in [0.15, 0.2) is 22.6 Å². The zero-order chi connectivity index (χ0) is 17.4. The molecular weight excluding hydrogens is 362 g/mol. The molecule has 0 unspecified atom stereocenters. The number of halogens is 1. The van der Waals surface area contributed by atoms with Gasteiger partial charge in [-0.1, -0.05) is 24.4 Å². The van der Waals surface area contributed by atoms with E-state index in [2.05, 4.69) is 9.71 Å². The fourth-order valence-electron chi connectivity index (χ4n) is 3.75. The molecule has 1 aromatic heterocycles. The number of hydrogen-bond acceptors (Lipinski definition) is 5. The third-order valence-corrected chi connectivity index (χ3v) is 7.42. The first-order chi connectivity index (χ1) is 12.0. The van der Waals surface area contributed by atoms with Crippen LogP contribution in [0.25, 0.3) is 11.1 Å². The molecule has 6 nitrogen and oxygen atoms in total. The van der Waals surface area contributed by atoms with Gasteiger partial charge in [-0.2, -0.15) is 4.98 Å². The van der Waals surface area contributed by atoms with Gasteiger partial charge >= 0.3 is 0 Å². The summed E-state index contributed by atoms with van der Waals surface area (Å²) in [6, 6.07) is 6.01. The summed E-state index contributed by atoms with van der Waals surface area (Å²) in [5.41, 5.74) is 1.41. The maximum atomic E-state index is 12.6. The van der Waals surface area contributed by atoms with Gasteiger partial charge < -0.3 is 9.32 Å². The van der Waals surface area contributed by atoms with E-state index in [4.69, 9.17) is 16.0 Å². The highest BCUT2D eigenvalue weighted by Crippen LogP contribution is 2.28. The highest BCUT2D eigenvalue weighted by atomic mass is 35.5. The Morgan fingerprint density at radius 1 is 1.16 bits per heavy atom. The minimum absolute atomic E-state index is 0.129. The van der Waals surface area contributed by atoms with E-state index in [9.17, 15) is 8.42 Å². The molecule has 1 aliphatic heterocycles. The number of aromatic nitrogens is 1. The summed E-state index contributed by atoms with van der Waals surface area (Å²) in [4.78, 5) is 6.49. The van der Waals surface area contributed by atoms with Crippen LogP contribution in [-0.2, 0) is 10.0 Å². The third kappa shape index (κ3) is 3.64. The van der Waals surface area contributed by atoms with Crippen molar-refractivity contribution in [3.8, 4) is 0 Å². The molecule has 0 amide bonds. The van der Waals surface area contributed by atoms with Gasteiger partial charge in [0.25, 0.3) is 6.01 Å². The summed E-state index contributed by atoms with van der Waals surface area (Å²) < 4.78 is 33.8. The van der Waals surface area contributed by atoms with Crippen LogP contribution >= 0.6 is 11.6 Å². The lowest BCUT2D eigenvalue weighted by Crippen LogP contribution is -2.46. The second kappa shape index (κ2) is 6.78. The van der Waals surface area contributed by atoms with E-state index in [1.54, 1.807) is 18.2 Å². The van der Waals surface area contributed by atoms with Gasteiger partial charge in [-0.25, -0.2) is 13.1 Å². The molecule has 0 bridgehead atoms. The van der Waals surface area contributed by atoms with Gasteiger partial charge in [0.05, 0.1) is 5.25 Å². The van der Waals surface area contributed by atoms with Crippen LogP contribution in [0.3, 0.4) is 0 Å². The molecular formula is C17H22ClN3O3S. The Balaban J connectivity index is 1.41. The number of rotatable bonds is 4.